The summed E-state index contributed by atoms with van der Waals surface area (Å²) in [5.41, 5.74) is 8.18. The first-order valence-electron chi connectivity index (χ1n) is 6.35. The molecule has 3 nitrogen and oxygen atoms in total. The molecule has 17 heavy (non-hydrogen) atoms. The Bertz CT molecular complexity index is 367. The van der Waals surface area contributed by atoms with Crippen LogP contribution in [0.3, 0.4) is 0 Å². The van der Waals surface area contributed by atoms with Crippen LogP contribution in [0.5, 0.6) is 0 Å². The van der Waals surface area contributed by atoms with Crippen molar-refractivity contribution in [1.82, 2.24) is 0 Å². The van der Waals surface area contributed by atoms with Crippen LogP contribution >= 0.6 is 0 Å². The van der Waals surface area contributed by atoms with Gasteiger partial charge in [0, 0.05) is 25.8 Å². The number of hydrogen-bond acceptors (Lipinski definition) is 3. The van der Waals surface area contributed by atoms with E-state index in [2.05, 4.69) is 37.1 Å². The fraction of sp³-hybridized carbons (Fsp3) is 0.571. The third-order valence-electron chi connectivity index (χ3n) is 3.42. The zero-order valence-corrected chi connectivity index (χ0v) is 10.7. The summed E-state index contributed by atoms with van der Waals surface area (Å²) in [5, 5.41) is 0. The van der Waals surface area contributed by atoms with Gasteiger partial charge in [0.05, 0.1) is 12.2 Å². The van der Waals surface area contributed by atoms with E-state index in [9.17, 15) is 0 Å². The van der Waals surface area contributed by atoms with Crippen molar-refractivity contribution in [2.45, 2.75) is 38.5 Å². The van der Waals surface area contributed by atoms with Crippen molar-refractivity contribution in [3.63, 3.8) is 0 Å². The monoisotopic (exact) mass is 234 g/mol. The highest BCUT2D eigenvalue weighted by molar-refractivity contribution is 5.53. The van der Waals surface area contributed by atoms with Gasteiger partial charge in [-0.1, -0.05) is 18.2 Å². The van der Waals surface area contributed by atoms with E-state index >= 15 is 0 Å². The summed E-state index contributed by atoms with van der Waals surface area (Å²) in [4.78, 5) is 2.25. The van der Waals surface area contributed by atoms with E-state index in [0.29, 0.717) is 18.8 Å². The molecule has 1 aliphatic heterocycles. The Kier molecular flexibility index (Phi) is 4.02. The Balaban J connectivity index is 2.01. The van der Waals surface area contributed by atoms with Crippen LogP contribution in [0.4, 0.5) is 5.69 Å². The van der Waals surface area contributed by atoms with Crippen molar-refractivity contribution >= 4 is 5.69 Å². The highest BCUT2D eigenvalue weighted by Crippen LogP contribution is 2.23. The number of anilines is 1. The lowest BCUT2D eigenvalue weighted by Gasteiger charge is -2.25. The number of para-hydroxylation sites is 1. The van der Waals surface area contributed by atoms with Crippen LogP contribution in [0.15, 0.2) is 24.3 Å². The van der Waals surface area contributed by atoms with Crippen LogP contribution in [0.1, 0.15) is 25.3 Å². The van der Waals surface area contributed by atoms with Crippen LogP contribution in [0.2, 0.25) is 0 Å². The predicted molar refractivity (Wildman–Crippen MR) is 71.2 cm³/mol. The molecule has 2 atom stereocenters. The molecule has 3 heteroatoms. The van der Waals surface area contributed by atoms with Crippen molar-refractivity contribution in [2.75, 3.05) is 18.5 Å². The lowest BCUT2D eigenvalue weighted by Crippen LogP contribution is -2.30. The molecular formula is C14H22N2O. The Morgan fingerprint density at radius 1 is 1.35 bits per heavy atom. The van der Waals surface area contributed by atoms with E-state index in [1.165, 1.54) is 17.7 Å². The number of ether oxygens (including phenoxy) is 1. The van der Waals surface area contributed by atoms with E-state index in [1.807, 2.05) is 6.07 Å². The minimum atomic E-state index is 0.362. The standard InChI is InChI=1S/C14H22N2O/c1-11-7-8-13(17-11)10-16(2)14-6-4-3-5-12(14)9-15/h3-6,11,13H,7-10,15H2,1-2H3. The molecule has 2 unspecified atom stereocenters. The molecule has 1 heterocycles. The molecule has 1 aromatic carbocycles. The zero-order chi connectivity index (χ0) is 12.3. The minimum absolute atomic E-state index is 0.362. The summed E-state index contributed by atoms with van der Waals surface area (Å²) < 4.78 is 5.85. The van der Waals surface area contributed by atoms with Gasteiger partial charge in [0.25, 0.3) is 0 Å². The van der Waals surface area contributed by atoms with Gasteiger partial charge in [-0.15, -0.1) is 0 Å². The quantitative estimate of drug-likeness (QED) is 0.867. The summed E-state index contributed by atoms with van der Waals surface area (Å²) in [7, 11) is 2.11. The zero-order valence-electron chi connectivity index (χ0n) is 10.7. The van der Waals surface area contributed by atoms with Crippen molar-refractivity contribution in [3.05, 3.63) is 29.8 Å². The third kappa shape index (κ3) is 2.99. The Hall–Kier alpha value is -1.06. The maximum Gasteiger partial charge on any atom is 0.0754 e. The number of hydrogen-bond donors (Lipinski definition) is 1. The van der Waals surface area contributed by atoms with Gasteiger partial charge in [0.2, 0.25) is 0 Å². The maximum atomic E-state index is 5.85. The average Bonchev–Trinajstić information content (AvgIpc) is 2.74. The summed E-state index contributed by atoms with van der Waals surface area (Å²) >= 11 is 0. The highest BCUT2D eigenvalue weighted by atomic mass is 16.5. The van der Waals surface area contributed by atoms with Crippen LogP contribution in [-0.2, 0) is 11.3 Å². The Labute approximate surface area is 104 Å². The van der Waals surface area contributed by atoms with Gasteiger partial charge < -0.3 is 15.4 Å². The first-order valence-corrected chi connectivity index (χ1v) is 6.35. The highest BCUT2D eigenvalue weighted by Gasteiger charge is 2.23. The molecule has 0 aliphatic carbocycles. The van der Waals surface area contributed by atoms with Crippen molar-refractivity contribution in [3.8, 4) is 0 Å². The van der Waals surface area contributed by atoms with Crippen molar-refractivity contribution < 1.29 is 4.74 Å². The molecule has 1 aromatic rings. The summed E-state index contributed by atoms with van der Waals surface area (Å²) in [5.74, 6) is 0. The smallest absolute Gasteiger partial charge is 0.0754 e. The molecule has 2 N–H and O–H groups in total. The molecule has 0 amide bonds. The van der Waals surface area contributed by atoms with Gasteiger partial charge in [0.1, 0.15) is 0 Å². The lowest BCUT2D eigenvalue weighted by atomic mass is 10.1. The third-order valence-corrected chi connectivity index (χ3v) is 3.42. The average molecular weight is 234 g/mol. The lowest BCUT2D eigenvalue weighted by molar-refractivity contribution is 0.0606. The van der Waals surface area contributed by atoms with Gasteiger partial charge in [-0.05, 0) is 31.4 Å². The normalized spacial score (nSPS) is 23.9. The van der Waals surface area contributed by atoms with Crippen LogP contribution in [-0.4, -0.2) is 25.8 Å². The Morgan fingerprint density at radius 2 is 2.12 bits per heavy atom. The van der Waals surface area contributed by atoms with E-state index in [0.717, 1.165) is 13.0 Å². The van der Waals surface area contributed by atoms with Gasteiger partial charge in [-0.2, -0.15) is 0 Å². The second-order valence-corrected chi connectivity index (χ2v) is 4.86. The summed E-state index contributed by atoms with van der Waals surface area (Å²) in [6, 6.07) is 8.31. The molecule has 0 bridgehead atoms. The van der Waals surface area contributed by atoms with E-state index in [-0.39, 0.29) is 0 Å². The Morgan fingerprint density at radius 3 is 2.76 bits per heavy atom. The van der Waals surface area contributed by atoms with E-state index in [4.69, 9.17) is 10.5 Å². The van der Waals surface area contributed by atoms with Gasteiger partial charge in [-0.3, -0.25) is 0 Å². The maximum absolute atomic E-state index is 5.85. The SMILES string of the molecule is CC1CCC(CN(C)c2ccccc2CN)O1. The summed E-state index contributed by atoms with van der Waals surface area (Å²) in [6.45, 7) is 3.68. The first-order chi connectivity index (χ1) is 8.20. The molecule has 2 rings (SSSR count). The number of rotatable bonds is 4. The van der Waals surface area contributed by atoms with Gasteiger partial charge in [-0.25, -0.2) is 0 Å². The molecular weight excluding hydrogens is 212 g/mol. The molecule has 0 radical (unpaired) electrons. The fourth-order valence-corrected chi connectivity index (χ4v) is 2.48. The fourth-order valence-electron chi connectivity index (χ4n) is 2.48. The van der Waals surface area contributed by atoms with Gasteiger partial charge in [0.15, 0.2) is 0 Å². The summed E-state index contributed by atoms with van der Waals surface area (Å²) in [6.07, 6.45) is 3.12. The predicted octanol–water partition coefficient (Wildman–Crippen LogP) is 2.15. The molecule has 1 aliphatic rings. The number of likely N-dealkylation sites (N-methyl/N-ethyl adjacent to an activating group) is 1. The molecule has 94 valence electrons. The number of nitrogens with zero attached hydrogens (tertiary/aromatic N) is 1. The molecule has 0 saturated carbocycles. The second-order valence-electron chi connectivity index (χ2n) is 4.86. The van der Waals surface area contributed by atoms with Crippen LogP contribution in [0.25, 0.3) is 0 Å². The van der Waals surface area contributed by atoms with Crippen molar-refractivity contribution in [1.29, 1.82) is 0 Å². The van der Waals surface area contributed by atoms with Crippen LogP contribution in [0, 0.1) is 0 Å². The van der Waals surface area contributed by atoms with E-state index < -0.39 is 0 Å². The number of nitrogens with two attached hydrogens (primary N) is 1. The van der Waals surface area contributed by atoms with Crippen molar-refractivity contribution in [2.24, 2.45) is 5.73 Å². The number of benzene rings is 1. The minimum Gasteiger partial charge on any atom is -0.373 e. The largest absolute Gasteiger partial charge is 0.373 e. The van der Waals surface area contributed by atoms with Gasteiger partial charge >= 0.3 is 0 Å². The topological polar surface area (TPSA) is 38.5 Å². The molecule has 1 fully saturated rings. The van der Waals surface area contributed by atoms with E-state index in [1.54, 1.807) is 0 Å². The second kappa shape index (κ2) is 5.52. The molecule has 1 saturated heterocycles. The van der Waals surface area contributed by atoms with Crippen LogP contribution < -0.4 is 10.6 Å². The first kappa shape index (κ1) is 12.4. The molecule has 0 spiro atoms. The molecule has 0 aromatic heterocycles.